The van der Waals surface area contributed by atoms with Crippen molar-refractivity contribution in [1.82, 2.24) is 4.98 Å². The van der Waals surface area contributed by atoms with Crippen molar-refractivity contribution in [2.45, 2.75) is 13.3 Å². The summed E-state index contributed by atoms with van der Waals surface area (Å²) in [6.45, 7) is 2.95. The summed E-state index contributed by atoms with van der Waals surface area (Å²) in [4.78, 5) is 20.9. The van der Waals surface area contributed by atoms with Crippen LogP contribution >= 0.6 is 11.3 Å². The normalized spacial score (nSPS) is 10.8. The molecule has 5 heteroatoms. The molecule has 0 fully saturated rings. The van der Waals surface area contributed by atoms with Crippen molar-refractivity contribution >= 4 is 37.9 Å². The molecule has 0 spiro atoms. The van der Waals surface area contributed by atoms with Gasteiger partial charge in [-0.05, 0) is 42.8 Å². The Hall–Kier alpha value is -2.40. The summed E-state index contributed by atoms with van der Waals surface area (Å²) in [5.41, 5.74) is 2.04. The standard InChI is InChI=1S/C19H21N3OS/c1-4-13-22(15-11-9-14(10-12-15)21(2)3)19-20-18(23)16-7-5-6-8-17(16)24-19/h5-12H,4,13H2,1-3H3. The van der Waals surface area contributed by atoms with Gasteiger partial charge in [-0.25, -0.2) is 0 Å². The Morgan fingerprint density at radius 2 is 1.67 bits per heavy atom. The first-order valence-corrected chi connectivity index (χ1v) is 8.86. The molecule has 124 valence electrons. The molecule has 0 aliphatic heterocycles. The largest absolute Gasteiger partial charge is 0.378 e. The van der Waals surface area contributed by atoms with Crippen molar-refractivity contribution < 1.29 is 0 Å². The fourth-order valence-corrected chi connectivity index (χ4v) is 3.65. The second-order valence-corrected chi connectivity index (χ2v) is 6.87. The minimum absolute atomic E-state index is 0.162. The van der Waals surface area contributed by atoms with Crippen LogP contribution in [-0.4, -0.2) is 25.6 Å². The first-order valence-electron chi connectivity index (χ1n) is 8.05. The van der Waals surface area contributed by atoms with Crippen molar-refractivity contribution in [2.75, 3.05) is 30.4 Å². The third kappa shape index (κ3) is 3.26. The summed E-state index contributed by atoms with van der Waals surface area (Å²) in [6, 6.07) is 16.0. The number of nitrogens with zero attached hydrogens (tertiary/aromatic N) is 3. The fourth-order valence-electron chi connectivity index (χ4n) is 2.61. The van der Waals surface area contributed by atoms with Crippen molar-refractivity contribution in [3.05, 3.63) is 58.9 Å². The van der Waals surface area contributed by atoms with E-state index in [4.69, 9.17) is 0 Å². The van der Waals surface area contributed by atoms with Gasteiger partial charge in [0, 0.05) is 36.7 Å². The summed E-state index contributed by atoms with van der Waals surface area (Å²) in [7, 11) is 4.05. The number of anilines is 3. The van der Waals surface area contributed by atoms with Gasteiger partial charge in [-0.2, -0.15) is 4.98 Å². The van der Waals surface area contributed by atoms with Crippen LogP contribution in [0.25, 0.3) is 10.1 Å². The Morgan fingerprint density at radius 3 is 2.33 bits per heavy atom. The zero-order valence-electron chi connectivity index (χ0n) is 14.2. The van der Waals surface area contributed by atoms with Crippen LogP contribution in [0.4, 0.5) is 16.5 Å². The number of fused-ring (bicyclic) bond motifs is 1. The van der Waals surface area contributed by atoms with Crippen LogP contribution in [-0.2, 0) is 0 Å². The molecule has 0 saturated heterocycles. The zero-order valence-corrected chi connectivity index (χ0v) is 15.0. The quantitative estimate of drug-likeness (QED) is 0.695. The lowest BCUT2D eigenvalue weighted by Crippen LogP contribution is -2.21. The van der Waals surface area contributed by atoms with Crippen molar-refractivity contribution in [3.8, 4) is 0 Å². The highest BCUT2D eigenvalue weighted by Gasteiger charge is 2.13. The van der Waals surface area contributed by atoms with Gasteiger partial charge < -0.3 is 9.80 Å². The van der Waals surface area contributed by atoms with E-state index in [1.54, 1.807) is 11.3 Å². The van der Waals surface area contributed by atoms with Crippen molar-refractivity contribution in [1.29, 1.82) is 0 Å². The van der Waals surface area contributed by atoms with E-state index in [1.165, 1.54) is 0 Å². The molecule has 1 aromatic heterocycles. The molecule has 0 unspecified atom stereocenters. The molecule has 3 aromatic rings. The Balaban J connectivity index is 2.06. The second kappa shape index (κ2) is 7.01. The summed E-state index contributed by atoms with van der Waals surface area (Å²) >= 11 is 1.56. The van der Waals surface area contributed by atoms with Crippen LogP contribution in [0.1, 0.15) is 13.3 Å². The van der Waals surface area contributed by atoms with Gasteiger partial charge in [0.15, 0.2) is 5.13 Å². The highest BCUT2D eigenvalue weighted by molar-refractivity contribution is 7.21. The van der Waals surface area contributed by atoms with Crippen LogP contribution in [0.3, 0.4) is 0 Å². The smallest absolute Gasteiger partial charge is 0.281 e. The van der Waals surface area contributed by atoms with Crippen LogP contribution in [0.15, 0.2) is 53.3 Å². The molecular weight excluding hydrogens is 318 g/mol. The molecule has 3 rings (SSSR count). The minimum atomic E-state index is -0.162. The van der Waals surface area contributed by atoms with Crippen molar-refractivity contribution in [3.63, 3.8) is 0 Å². The number of benzene rings is 2. The average Bonchev–Trinajstić information content (AvgIpc) is 2.60. The van der Waals surface area contributed by atoms with Gasteiger partial charge in [-0.3, -0.25) is 4.79 Å². The predicted octanol–water partition coefficient (Wildman–Crippen LogP) is 4.27. The highest BCUT2D eigenvalue weighted by atomic mass is 32.1. The number of aromatic nitrogens is 1. The van der Waals surface area contributed by atoms with Gasteiger partial charge in [-0.15, -0.1) is 0 Å². The van der Waals surface area contributed by atoms with Gasteiger partial charge >= 0.3 is 0 Å². The number of rotatable bonds is 5. The van der Waals surface area contributed by atoms with Gasteiger partial charge in [0.25, 0.3) is 5.56 Å². The van der Waals surface area contributed by atoms with E-state index in [1.807, 2.05) is 38.4 Å². The van der Waals surface area contributed by atoms with Gasteiger partial charge in [-0.1, -0.05) is 30.4 Å². The highest BCUT2D eigenvalue weighted by Crippen LogP contribution is 2.31. The van der Waals surface area contributed by atoms with Crippen molar-refractivity contribution in [2.24, 2.45) is 0 Å². The third-order valence-corrected chi connectivity index (χ3v) is 4.94. The molecular formula is C19H21N3OS. The molecule has 0 saturated carbocycles. The Morgan fingerprint density at radius 1 is 1.00 bits per heavy atom. The molecule has 2 aromatic carbocycles. The summed E-state index contributed by atoms with van der Waals surface area (Å²) in [5.74, 6) is 0. The molecule has 0 atom stereocenters. The molecule has 4 nitrogen and oxygen atoms in total. The van der Waals surface area contributed by atoms with E-state index >= 15 is 0 Å². The van der Waals surface area contributed by atoms with Gasteiger partial charge in [0.2, 0.25) is 0 Å². The monoisotopic (exact) mass is 339 g/mol. The first kappa shape index (κ1) is 16.5. The summed E-state index contributed by atoms with van der Waals surface area (Å²) in [6.07, 6.45) is 0.977. The van der Waals surface area contributed by atoms with Crippen LogP contribution in [0.2, 0.25) is 0 Å². The Kier molecular flexibility index (Phi) is 4.81. The lowest BCUT2D eigenvalue weighted by molar-refractivity contribution is 0.878. The number of hydrogen-bond donors (Lipinski definition) is 0. The number of hydrogen-bond acceptors (Lipinski definition) is 5. The van der Waals surface area contributed by atoms with Crippen LogP contribution in [0.5, 0.6) is 0 Å². The second-order valence-electron chi connectivity index (χ2n) is 5.86. The van der Waals surface area contributed by atoms with Crippen LogP contribution in [0, 0.1) is 0 Å². The lowest BCUT2D eigenvalue weighted by atomic mass is 10.2. The van der Waals surface area contributed by atoms with E-state index in [-0.39, 0.29) is 5.56 Å². The molecule has 0 aliphatic carbocycles. The Labute approximate surface area is 146 Å². The molecule has 0 amide bonds. The third-order valence-electron chi connectivity index (χ3n) is 3.87. The summed E-state index contributed by atoms with van der Waals surface area (Å²) in [5, 5.41) is 1.43. The lowest BCUT2D eigenvalue weighted by Gasteiger charge is -2.23. The van der Waals surface area contributed by atoms with E-state index in [9.17, 15) is 4.79 Å². The van der Waals surface area contributed by atoms with E-state index in [0.29, 0.717) is 5.39 Å². The minimum Gasteiger partial charge on any atom is -0.378 e. The average molecular weight is 339 g/mol. The molecule has 0 bridgehead atoms. The summed E-state index contributed by atoms with van der Waals surface area (Å²) < 4.78 is 0.971. The maximum absolute atomic E-state index is 12.3. The predicted molar refractivity (Wildman–Crippen MR) is 104 cm³/mol. The van der Waals surface area contributed by atoms with Gasteiger partial charge in [0.1, 0.15) is 0 Å². The maximum Gasteiger partial charge on any atom is 0.281 e. The van der Waals surface area contributed by atoms with E-state index < -0.39 is 0 Å². The Bertz CT molecular complexity index is 887. The molecule has 24 heavy (non-hydrogen) atoms. The zero-order chi connectivity index (χ0) is 17.1. The van der Waals surface area contributed by atoms with Gasteiger partial charge in [0.05, 0.1) is 5.39 Å². The molecule has 0 aliphatic rings. The van der Waals surface area contributed by atoms with Crippen LogP contribution < -0.4 is 15.4 Å². The SMILES string of the molecule is CCCN(c1ccc(N(C)C)cc1)c1nc(=O)c2ccccc2s1. The fraction of sp³-hybridized carbons (Fsp3) is 0.263. The topological polar surface area (TPSA) is 36.4 Å². The van der Waals surface area contributed by atoms with E-state index in [2.05, 4.69) is 46.0 Å². The molecule has 0 radical (unpaired) electrons. The first-order chi connectivity index (χ1) is 11.6. The van der Waals surface area contributed by atoms with E-state index in [0.717, 1.165) is 34.2 Å². The molecule has 0 N–H and O–H groups in total. The molecule has 1 heterocycles. The maximum atomic E-state index is 12.3.